The molecule has 2 heterocycles. The van der Waals surface area contributed by atoms with Crippen LogP contribution in [0.3, 0.4) is 0 Å². The van der Waals surface area contributed by atoms with Crippen LogP contribution in [0.5, 0.6) is 0 Å². The van der Waals surface area contributed by atoms with Gasteiger partial charge >= 0.3 is 55.4 Å². The Kier molecular flexibility index (Phi) is 14.3. The zero-order valence-electron chi connectivity index (χ0n) is 28.6. The maximum Gasteiger partial charge on any atom is 1.00 e. The SMILES string of the molecule is CCCCN1[C]N(Cc2ccccc2C#N)c2ccccc21.CCCCN1[C]N(Cc2ccccc2C#N)c2ccccc21.F[P-](F)(F)(F)(F)F.[Ag+]. The van der Waals surface area contributed by atoms with E-state index < -0.39 is 7.81 Å². The maximum absolute atomic E-state index is 10.7. The number of nitriles is 2. The predicted molar refractivity (Wildman–Crippen MR) is 192 cm³/mol. The first-order chi connectivity index (χ1) is 24.1. The summed E-state index contributed by atoms with van der Waals surface area (Å²) in [6.45, 7) is 14.6. The number of nitrogens with zero attached hydrogens (tertiary/aromatic N) is 6. The zero-order valence-corrected chi connectivity index (χ0v) is 31.0. The van der Waals surface area contributed by atoms with Crippen LogP contribution < -0.4 is 19.6 Å². The Morgan fingerprint density at radius 2 is 0.808 bits per heavy atom. The van der Waals surface area contributed by atoms with Crippen LogP contribution in [0, 0.1) is 36.0 Å². The number of fused-ring (bicyclic) bond motifs is 2. The van der Waals surface area contributed by atoms with Crippen molar-refractivity contribution in [1.29, 1.82) is 10.5 Å². The van der Waals surface area contributed by atoms with Gasteiger partial charge < -0.3 is 19.6 Å². The van der Waals surface area contributed by atoms with Crippen LogP contribution in [0.15, 0.2) is 97.1 Å². The van der Waals surface area contributed by atoms with Gasteiger partial charge in [-0.2, -0.15) is 10.5 Å². The minimum atomic E-state index is -10.7. The summed E-state index contributed by atoms with van der Waals surface area (Å²) in [4.78, 5) is 8.60. The molecule has 0 aliphatic carbocycles. The molecule has 0 aromatic heterocycles. The number of para-hydroxylation sites is 4. The molecular formula is C38H38AgF6N6P. The van der Waals surface area contributed by atoms with Gasteiger partial charge in [0.2, 0.25) is 13.3 Å². The van der Waals surface area contributed by atoms with Crippen molar-refractivity contribution in [3.8, 4) is 12.1 Å². The van der Waals surface area contributed by atoms with Crippen molar-refractivity contribution in [2.24, 2.45) is 0 Å². The monoisotopic (exact) mass is 830 g/mol. The van der Waals surface area contributed by atoms with Crippen molar-refractivity contribution in [3.63, 3.8) is 0 Å². The summed E-state index contributed by atoms with van der Waals surface area (Å²) in [5, 5.41) is 18.5. The van der Waals surface area contributed by atoms with Crippen molar-refractivity contribution < 1.29 is 47.6 Å². The Morgan fingerprint density at radius 3 is 1.12 bits per heavy atom. The fourth-order valence-electron chi connectivity index (χ4n) is 5.44. The molecule has 0 saturated heterocycles. The van der Waals surface area contributed by atoms with Crippen LogP contribution in [0.4, 0.5) is 47.9 Å². The number of hydrogen-bond acceptors (Lipinski definition) is 6. The van der Waals surface area contributed by atoms with Gasteiger partial charge in [-0.1, -0.05) is 87.4 Å². The average molecular weight is 832 g/mol. The number of halogens is 6. The zero-order chi connectivity index (χ0) is 37.1. The summed E-state index contributed by atoms with van der Waals surface area (Å²) >= 11 is 0. The first-order valence-electron chi connectivity index (χ1n) is 16.4. The average Bonchev–Trinajstić information content (AvgIpc) is 3.63. The third kappa shape index (κ3) is 13.1. The van der Waals surface area contributed by atoms with E-state index >= 15 is 0 Å². The van der Waals surface area contributed by atoms with Crippen LogP contribution in [-0.4, -0.2) is 13.1 Å². The van der Waals surface area contributed by atoms with Gasteiger partial charge in [-0.05, 0) is 60.4 Å². The molecule has 0 saturated carbocycles. The van der Waals surface area contributed by atoms with Gasteiger partial charge in [-0.15, -0.1) is 0 Å². The molecule has 0 N–H and O–H groups in total. The van der Waals surface area contributed by atoms with Gasteiger partial charge in [0.15, 0.2) is 0 Å². The molecule has 278 valence electrons. The largest absolute Gasteiger partial charge is 1.00 e. The van der Waals surface area contributed by atoms with Gasteiger partial charge in [-0.25, -0.2) is 0 Å². The molecule has 52 heavy (non-hydrogen) atoms. The van der Waals surface area contributed by atoms with E-state index in [-0.39, 0.29) is 22.4 Å². The van der Waals surface area contributed by atoms with Crippen molar-refractivity contribution in [3.05, 3.63) is 133 Å². The van der Waals surface area contributed by atoms with E-state index in [1.807, 2.05) is 60.7 Å². The Labute approximate surface area is 317 Å². The van der Waals surface area contributed by atoms with E-state index in [4.69, 9.17) is 0 Å². The second kappa shape index (κ2) is 17.6. The number of unbranched alkanes of at least 4 members (excludes halogenated alkanes) is 2. The van der Waals surface area contributed by atoms with Gasteiger partial charge in [0, 0.05) is 26.2 Å². The molecule has 14 heteroatoms. The number of benzene rings is 4. The van der Waals surface area contributed by atoms with Gasteiger partial charge in [-0.3, -0.25) is 0 Å². The molecule has 0 amide bonds. The van der Waals surface area contributed by atoms with Crippen molar-refractivity contribution in [2.75, 3.05) is 32.7 Å². The normalized spacial score (nSPS) is 14.2. The first kappa shape index (κ1) is 42.2. The molecule has 6 nitrogen and oxygen atoms in total. The number of anilines is 4. The number of rotatable bonds is 10. The topological polar surface area (TPSA) is 60.5 Å². The molecule has 0 spiro atoms. The molecule has 0 bridgehead atoms. The Bertz CT molecular complexity index is 1730. The first-order valence-corrected chi connectivity index (χ1v) is 18.5. The summed E-state index contributed by atoms with van der Waals surface area (Å²) in [7, 11) is -10.7. The Hall–Kier alpha value is -4.19. The van der Waals surface area contributed by atoms with Crippen molar-refractivity contribution >= 4 is 30.6 Å². The second-order valence-electron chi connectivity index (χ2n) is 11.9. The van der Waals surface area contributed by atoms with Crippen LogP contribution in [0.2, 0.25) is 0 Å². The molecule has 0 fully saturated rings. The molecule has 6 rings (SSSR count). The maximum atomic E-state index is 9.87. The van der Waals surface area contributed by atoms with E-state index in [1.165, 1.54) is 11.4 Å². The van der Waals surface area contributed by atoms with Crippen molar-refractivity contribution in [2.45, 2.75) is 52.6 Å². The summed E-state index contributed by atoms with van der Waals surface area (Å²) < 4.78 is 59.2. The van der Waals surface area contributed by atoms with Crippen LogP contribution in [-0.2, 0) is 35.5 Å². The van der Waals surface area contributed by atoms with E-state index in [2.05, 4.69) is 95.3 Å². The summed E-state index contributed by atoms with van der Waals surface area (Å²) in [5.74, 6) is 0. The summed E-state index contributed by atoms with van der Waals surface area (Å²) in [5.41, 5.74) is 8.24. The number of hydrogen-bond donors (Lipinski definition) is 0. The third-order valence-corrected chi connectivity index (χ3v) is 7.81. The molecule has 0 unspecified atom stereocenters. The smallest absolute Gasteiger partial charge is 1.00 e. The molecule has 4 aromatic carbocycles. The molecule has 4 radical (unpaired) electrons. The second-order valence-corrected chi connectivity index (χ2v) is 13.8. The van der Waals surface area contributed by atoms with Crippen molar-refractivity contribution in [1.82, 2.24) is 0 Å². The van der Waals surface area contributed by atoms with Crippen LogP contribution in [0.25, 0.3) is 0 Å². The van der Waals surface area contributed by atoms with Crippen LogP contribution >= 0.6 is 7.81 Å². The fourth-order valence-corrected chi connectivity index (χ4v) is 5.44. The van der Waals surface area contributed by atoms with E-state index in [9.17, 15) is 35.7 Å². The molecular weight excluding hydrogens is 793 g/mol. The predicted octanol–water partition coefficient (Wildman–Crippen LogP) is 11.7. The standard InChI is InChI=1S/2C19H19N3.Ag.F6P/c2*1-2-3-12-21-15-22(19-11-7-6-10-18(19)21)14-17-9-5-4-8-16(17)13-20;;1-7(2,3,4,5)6/h2*4-11H,2-3,12,14H2,1H3;;/q;;+1;-1. The van der Waals surface area contributed by atoms with E-state index in [0.29, 0.717) is 13.1 Å². The summed E-state index contributed by atoms with van der Waals surface area (Å²) in [6.07, 6.45) is 4.61. The molecule has 0 atom stereocenters. The Balaban J connectivity index is 0.000000234. The van der Waals surface area contributed by atoms with E-state index in [0.717, 1.165) is 72.4 Å². The fraction of sp³-hybridized carbons (Fsp3) is 0.263. The molecule has 2 aliphatic heterocycles. The quantitative estimate of drug-likeness (QED) is 0.0901. The Morgan fingerprint density at radius 1 is 0.519 bits per heavy atom. The van der Waals surface area contributed by atoms with Gasteiger partial charge in [0.05, 0.1) is 46.0 Å². The minimum absolute atomic E-state index is 0. The van der Waals surface area contributed by atoms with Crippen LogP contribution in [0.1, 0.15) is 61.8 Å². The third-order valence-electron chi connectivity index (χ3n) is 7.81. The molecule has 4 aromatic rings. The summed E-state index contributed by atoms with van der Waals surface area (Å²) in [6, 6.07) is 36.8. The van der Waals surface area contributed by atoms with Gasteiger partial charge in [0.25, 0.3) is 0 Å². The minimum Gasteiger partial charge on any atom is 1.00 e. The van der Waals surface area contributed by atoms with Gasteiger partial charge in [0.1, 0.15) is 0 Å². The molecule has 2 aliphatic rings. The van der Waals surface area contributed by atoms with E-state index in [1.54, 1.807) is 0 Å².